The van der Waals surface area contributed by atoms with E-state index < -0.39 is 0 Å². The lowest BCUT2D eigenvalue weighted by Crippen LogP contribution is -2.41. The summed E-state index contributed by atoms with van der Waals surface area (Å²) >= 11 is 1.50. The monoisotopic (exact) mass is 293 g/mol. The van der Waals surface area contributed by atoms with E-state index in [1.807, 2.05) is 32.2 Å². The number of hydrogen-bond acceptors (Lipinski definition) is 6. The van der Waals surface area contributed by atoms with Crippen molar-refractivity contribution in [3.63, 3.8) is 0 Å². The molecule has 108 valence electrons. The first kappa shape index (κ1) is 14.5. The van der Waals surface area contributed by atoms with Crippen LogP contribution in [0.1, 0.15) is 20.8 Å². The molecule has 2 heterocycles. The van der Waals surface area contributed by atoms with E-state index in [1.54, 1.807) is 4.90 Å². The highest BCUT2D eigenvalue weighted by atomic mass is 32.1. The van der Waals surface area contributed by atoms with Crippen molar-refractivity contribution in [3.05, 3.63) is 11.4 Å². The Balaban J connectivity index is 2.23. The summed E-state index contributed by atoms with van der Waals surface area (Å²) < 4.78 is 0. The van der Waals surface area contributed by atoms with Gasteiger partial charge in [0.15, 0.2) is 0 Å². The number of nitrogens with two attached hydrogens (primary N) is 1. The molecule has 0 aliphatic carbocycles. The fraction of sp³-hybridized carbons (Fsp3) is 0.462. The number of nitrogens with one attached hydrogen (secondary N) is 1. The predicted octanol–water partition coefficient (Wildman–Crippen LogP) is 1.94. The predicted molar refractivity (Wildman–Crippen MR) is 82.8 cm³/mol. The third-order valence-electron chi connectivity index (χ3n) is 3.14. The van der Waals surface area contributed by atoms with Crippen molar-refractivity contribution in [2.24, 2.45) is 0 Å². The molecule has 0 bridgehead atoms. The lowest BCUT2D eigenvalue weighted by atomic mass is 10.2. The fourth-order valence-corrected chi connectivity index (χ4v) is 2.83. The van der Waals surface area contributed by atoms with Gasteiger partial charge in [-0.3, -0.25) is 4.79 Å². The van der Waals surface area contributed by atoms with E-state index in [1.165, 1.54) is 11.3 Å². The molecule has 2 rings (SSSR count). The third-order valence-corrected chi connectivity index (χ3v) is 3.95. The third kappa shape index (κ3) is 2.82. The first-order valence-electron chi connectivity index (χ1n) is 6.62. The maximum Gasteiger partial charge on any atom is 0.244 e. The van der Waals surface area contributed by atoms with Crippen LogP contribution in [0.4, 0.5) is 11.8 Å². The van der Waals surface area contributed by atoms with Crippen LogP contribution in [-0.4, -0.2) is 39.9 Å². The van der Waals surface area contributed by atoms with Gasteiger partial charge in [-0.1, -0.05) is 0 Å². The molecule has 0 saturated carbocycles. The molecular weight excluding hydrogens is 274 g/mol. The quantitative estimate of drug-likeness (QED) is 0.880. The zero-order chi connectivity index (χ0) is 14.7. The minimum absolute atomic E-state index is 0.0514. The zero-order valence-corrected chi connectivity index (χ0v) is 12.7. The minimum Gasteiger partial charge on any atom is -0.368 e. The molecule has 2 aromatic rings. The van der Waals surface area contributed by atoms with Gasteiger partial charge < -0.3 is 16.0 Å². The molecule has 0 spiro atoms. The van der Waals surface area contributed by atoms with Gasteiger partial charge in [-0.2, -0.15) is 4.98 Å². The first-order valence-corrected chi connectivity index (χ1v) is 7.50. The van der Waals surface area contributed by atoms with E-state index in [0.717, 1.165) is 10.2 Å². The largest absolute Gasteiger partial charge is 0.368 e. The standard InChI is InChI=1S/C13H19N5OS/c1-4-18(5-2)12(19)8(3)15-10-9-6-7-20-11(9)17-13(14)16-10/h6-8H,4-5H2,1-3H3,(H3,14,15,16,17). The van der Waals surface area contributed by atoms with Crippen molar-refractivity contribution >= 4 is 39.2 Å². The molecule has 7 heteroatoms. The van der Waals surface area contributed by atoms with Crippen LogP contribution in [0.3, 0.4) is 0 Å². The van der Waals surface area contributed by atoms with Gasteiger partial charge in [-0.05, 0) is 32.2 Å². The highest BCUT2D eigenvalue weighted by Crippen LogP contribution is 2.26. The summed E-state index contributed by atoms with van der Waals surface area (Å²) in [4.78, 5) is 23.2. The summed E-state index contributed by atoms with van der Waals surface area (Å²) in [7, 11) is 0. The van der Waals surface area contributed by atoms with Crippen molar-refractivity contribution in [3.8, 4) is 0 Å². The van der Waals surface area contributed by atoms with Gasteiger partial charge in [0.2, 0.25) is 11.9 Å². The van der Waals surface area contributed by atoms with E-state index in [-0.39, 0.29) is 17.9 Å². The van der Waals surface area contributed by atoms with Crippen molar-refractivity contribution in [2.75, 3.05) is 24.1 Å². The molecule has 0 saturated heterocycles. The molecule has 0 fully saturated rings. The van der Waals surface area contributed by atoms with Crippen LogP contribution in [0.25, 0.3) is 10.2 Å². The van der Waals surface area contributed by atoms with Crippen molar-refractivity contribution < 1.29 is 4.79 Å². The number of likely N-dealkylation sites (N-methyl/N-ethyl adjacent to an activating group) is 1. The Morgan fingerprint density at radius 1 is 1.45 bits per heavy atom. The van der Waals surface area contributed by atoms with Crippen LogP contribution in [0, 0.1) is 0 Å². The Morgan fingerprint density at radius 3 is 2.80 bits per heavy atom. The number of amides is 1. The SMILES string of the molecule is CCN(CC)C(=O)C(C)Nc1nc(N)nc2sccc12. The molecular formula is C13H19N5OS. The number of anilines is 2. The smallest absolute Gasteiger partial charge is 0.244 e. The Labute approximate surface area is 122 Å². The molecule has 1 atom stereocenters. The first-order chi connectivity index (χ1) is 9.56. The van der Waals surface area contributed by atoms with E-state index in [9.17, 15) is 4.79 Å². The van der Waals surface area contributed by atoms with Crippen molar-refractivity contribution in [2.45, 2.75) is 26.8 Å². The molecule has 20 heavy (non-hydrogen) atoms. The second-order valence-corrected chi connectivity index (χ2v) is 5.34. The van der Waals surface area contributed by atoms with E-state index in [2.05, 4.69) is 15.3 Å². The maximum atomic E-state index is 12.3. The zero-order valence-electron chi connectivity index (χ0n) is 11.9. The van der Waals surface area contributed by atoms with Crippen LogP contribution < -0.4 is 11.1 Å². The lowest BCUT2D eigenvalue weighted by molar-refractivity contribution is -0.131. The topological polar surface area (TPSA) is 84.1 Å². The Bertz CT molecular complexity index is 608. The number of fused-ring (bicyclic) bond motifs is 1. The Morgan fingerprint density at radius 2 is 2.15 bits per heavy atom. The number of rotatable bonds is 5. The number of nitrogen functional groups attached to an aromatic ring is 1. The van der Waals surface area contributed by atoms with Gasteiger partial charge in [0.25, 0.3) is 0 Å². The Hall–Kier alpha value is -1.89. The summed E-state index contributed by atoms with van der Waals surface area (Å²) in [5.74, 6) is 0.877. The molecule has 1 amide bonds. The summed E-state index contributed by atoms with van der Waals surface area (Å²) in [6.45, 7) is 7.15. The van der Waals surface area contributed by atoms with Crippen molar-refractivity contribution in [1.29, 1.82) is 0 Å². The fourth-order valence-electron chi connectivity index (χ4n) is 2.06. The highest BCUT2D eigenvalue weighted by molar-refractivity contribution is 7.16. The summed E-state index contributed by atoms with van der Waals surface area (Å²) in [5.41, 5.74) is 5.70. The summed E-state index contributed by atoms with van der Waals surface area (Å²) in [6.07, 6.45) is 0. The molecule has 0 aliphatic rings. The molecule has 0 radical (unpaired) electrons. The summed E-state index contributed by atoms with van der Waals surface area (Å²) in [5, 5.41) is 5.97. The van der Waals surface area contributed by atoms with E-state index in [0.29, 0.717) is 18.9 Å². The van der Waals surface area contributed by atoms with Gasteiger partial charge in [-0.15, -0.1) is 11.3 Å². The normalized spacial score (nSPS) is 12.3. The second-order valence-electron chi connectivity index (χ2n) is 4.45. The van der Waals surface area contributed by atoms with E-state index in [4.69, 9.17) is 5.73 Å². The van der Waals surface area contributed by atoms with Gasteiger partial charge >= 0.3 is 0 Å². The number of thiophene rings is 1. The van der Waals surface area contributed by atoms with Gasteiger partial charge in [0.05, 0.1) is 5.39 Å². The van der Waals surface area contributed by atoms with E-state index >= 15 is 0 Å². The van der Waals surface area contributed by atoms with Gasteiger partial charge in [0, 0.05) is 13.1 Å². The highest BCUT2D eigenvalue weighted by Gasteiger charge is 2.19. The number of aromatic nitrogens is 2. The maximum absolute atomic E-state index is 12.3. The van der Waals surface area contributed by atoms with Crippen LogP contribution in [0.15, 0.2) is 11.4 Å². The number of carbonyl (C=O) groups excluding carboxylic acids is 1. The molecule has 2 aromatic heterocycles. The van der Waals surface area contributed by atoms with Gasteiger partial charge in [-0.25, -0.2) is 4.98 Å². The van der Waals surface area contributed by atoms with Crippen molar-refractivity contribution in [1.82, 2.24) is 14.9 Å². The average molecular weight is 293 g/mol. The number of nitrogens with zero attached hydrogens (tertiary/aromatic N) is 3. The molecule has 0 aliphatic heterocycles. The van der Waals surface area contributed by atoms with Crippen LogP contribution in [-0.2, 0) is 4.79 Å². The average Bonchev–Trinajstić information content (AvgIpc) is 2.88. The molecule has 3 N–H and O–H groups in total. The van der Waals surface area contributed by atoms with Crippen LogP contribution >= 0.6 is 11.3 Å². The second kappa shape index (κ2) is 6.04. The number of hydrogen-bond donors (Lipinski definition) is 2. The van der Waals surface area contributed by atoms with Crippen LogP contribution in [0.2, 0.25) is 0 Å². The summed E-state index contributed by atoms with van der Waals surface area (Å²) in [6, 6.07) is 1.57. The van der Waals surface area contributed by atoms with Crippen LogP contribution in [0.5, 0.6) is 0 Å². The molecule has 6 nitrogen and oxygen atoms in total. The molecule has 0 aromatic carbocycles. The molecule has 1 unspecified atom stereocenters. The minimum atomic E-state index is -0.354. The lowest BCUT2D eigenvalue weighted by Gasteiger charge is -2.23. The van der Waals surface area contributed by atoms with Gasteiger partial charge in [0.1, 0.15) is 16.7 Å². The number of carbonyl (C=O) groups is 1. The Kier molecular flexibility index (Phi) is 4.39.